The third-order valence-corrected chi connectivity index (χ3v) is 5.87. The number of fused-ring (bicyclic) bond motifs is 5. The van der Waals surface area contributed by atoms with Crippen molar-refractivity contribution < 1.29 is 4.74 Å². The molecule has 0 atom stereocenters. The van der Waals surface area contributed by atoms with Crippen molar-refractivity contribution in [2.75, 3.05) is 5.32 Å². The molecule has 2 nitrogen and oxygen atoms in total. The fourth-order valence-corrected chi connectivity index (χ4v) is 4.72. The molecule has 3 aromatic rings. The number of benzene rings is 3. The van der Waals surface area contributed by atoms with Crippen LogP contribution in [0.1, 0.15) is 48.6 Å². The third-order valence-electron chi connectivity index (χ3n) is 5.87. The van der Waals surface area contributed by atoms with E-state index in [0.29, 0.717) is 0 Å². The second-order valence-electron chi connectivity index (χ2n) is 9.11. The first-order valence-corrected chi connectivity index (χ1v) is 10.5. The second-order valence-corrected chi connectivity index (χ2v) is 9.11. The van der Waals surface area contributed by atoms with Crippen LogP contribution in [-0.4, -0.2) is 5.54 Å². The quantitative estimate of drug-likeness (QED) is 0.463. The lowest BCUT2D eigenvalue weighted by Crippen LogP contribution is -2.32. The molecule has 0 aromatic heterocycles. The van der Waals surface area contributed by atoms with E-state index in [1.165, 1.54) is 33.4 Å². The lowest BCUT2D eigenvalue weighted by molar-refractivity contribution is 0.514. The maximum atomic E-state index is 6.53. The topological polar surface area (TPSA) is 21.3 Å². The molecule has 0 spiro atoms. The average molecular weight is 394 g/mol. The van der Waals surface area contributed by atoms with Crippen molar-refractivity contribution in [2.45, 2.75) is 40.2 Å². The number of allylic oxidation sites excluding steroid dienone is 1. The Labute approximate surface area is 178 Å². The van der Waals surface area contributed by atoms with Crippen LogP contribution in [0.3, 0.4) is 0 Å². The predicted octanol–water partition coefficient (Wildman–Crippen LogP) is 7.47. The van der Waals surface area contributed by atoms with E-state index in [0.717, 1.165) is 28.3 Å². The molecule has 2 heterocycles. The second kappa shape index (κ2) is 6.63. The highest BCUT2D eigenvalue weighted by Crippen LogP contribution is 2.49. The normalized spacial score (nSPS) is 17.2. The van der Waals surface area contributed by atoms with E-state index in [9.17, 15) is 0 Å². The number of hydrogen-bond acceptors (Lipinski definition) is 2. The van der Waals surface area contributed by atoms with Crippen LogP contribution in [0, 0.1) is 13.8 Å². The van der Waals surface area contributed by atoms with Crippen LogP contribution in [-0.2, 0) is 0 Å². The van der Waals surface area contributed by atoms with E-state index in [1.807, 2.05) is 0 Å². The van der Waals surface area contributed by atoms with Crippen molar-refractivity contribution in [3.05, 3.63) is 88.5 Å². The Kier molecular flexibility index (Phi) is 4.14. The summed E-state index contributed by atoms with van der Waals surface area (Å²) in [6.45, 7) is 10.9. The van der Waals surface area contributed by atoms with E-state index in [2.05, 4.69) is 107 Å². The molecule has 0 aliphatic carbocycles. The Morgan fingerprint density at radius 1 is 0.833 bits per heavy atom. The van der Waals surface area contributed by atoms with Crippen LogP contribution in [0.15, 0.2) is 60.7 Å². The van der Waals surface area contributed by atoms with Gasteiger partial charge in [0.1, 0.15) is 11.5 Å². The van der Waals surface area contributed by atoms with E-state index in [4.69, 9.17) is 4.74 Å². The minimum Gasteiger partial charge on any atom is -0.456 e. The summed E-state index contributed by atoms with van der Waals surface area (Å²) in [6, 6.07) is 19.4. The van der Waals surface area contributed by atoms with Gasteiger partial charge in [0.15, 0.2) is 0 Å². The summed E-state index contributed by atoms with van der Waals surface area (Å²) in [6.07, 6.45) is 4.48. The van der Waals surface area contributed by atoms with Crippen LogP contribution in [0.5, 0.6) is 5.75 Å². The Balaban J connectivity index is 1.81. The minimum absolute atomic E-state index is 0.0737. The van der Waals surface area contributed by atoms with Crippen molar-refractivity contribution >= 4 is 23.1 Å². The van der Waals surface area contributed by atoms with Crippen molar-refractivity contribution in [3.63, 3.8) is 0 Å². The summed E-state index contributed by atoms with van der Waals surface area (Å²) in [4.78, 5) is 0. The van der Waals surface area contributed by atoms with Crippen molar-refractivity contribution in [1.29, 1.82) is 0 Å². The molecule has 0 amide bonds. The maximum Gasteiger partial charge on any atom is 0.136 e. The van der Waals surface area contributed by atoms with Gasteiger partial charge < -0.3 is 10.1 Å². The fraction of sp³-hybridized carbons (Fsp3) is 0.214. The molecule has 3 aromatic carbocycles. The summed E-state index contributed by atoms with van der Waals surface area (Å²) in [5.74, 6) is 1.82. The number of hydrogen-bond donors (Lipinski definition) is 1. The molecule has 0 saturated carbocycles. The summed E-state index contributed by atoms with van der Waals surface area (Å²) < 4.78 is 6.53. The highest BCUT2D eigenvalue weighted by molar-refractivity contribution is 6.00. The average Bonchev–Trinajstić information content (AvgIpc) is 2.67. The Hall–Kier alpha value is -3.26. The minimum atomic E-state index is -0.0737. The molecule has 30 heavy (non-hydrogen) atoms. The van der Waals surface area contributed by atoms with Crippen LogP contribution in [0.25, 0.3) is 28.5 Å². The molecule has 1 N–H and O–H groups in total. The Morgan fingerprint density at radius 2 is 1.63 bits per heavy atom. The van der Waals surface area contributed by atoms with Gasteiger partial charge in [-0.1, -0.05) is 53.6 Å². The first-order chi connectivity index (χ1) is 14.3. The number of aryl methyl sites for hydroxylation is 2. The molecule has 2 aliphatic heterocycles. The molecule has 0 fully saturated rings. The van der Waals surface area contributed by atoms with E-state index < -0.39 is 0 Å². The third kappa shape index (κ3) is 3.13. The zero-order valence-electron chi connectivity index (χ0n) is 18.3. The molecule has 0 unspecified atom stereocenters. The van der Waals surface area contributed by atoms with E-state index >= 15 is 0 Å². The van der Waals surface area contributed by atoms with Gasteiger partial charge in [0.25, 0.3) is 0 Å². The zero-order valence-corrected chi connectivity index (χ0v) is 18.3. The SMILES string of the molecule is CC1=CC(C)(C)Nc2ccc3c(c21)/C(=C/c1cccc(C)c1)Oc1ccc(C)cc1-3. The van der Waals surface area contributed by atoms with Gasteiger partial charge in [-0.25, -0.2) is 0 Å². The number of rotatable bonds is 1. The first-order valence-electron chi connectivity index (χ1n) is 10.5. The maximum absolute atomic E-state index is 6.53. The van der Waals surface area contributed by atoms with Crippen LogP contribution >= 0.6 is 0 Å². The predicted molar refractivity (Wildman–Crippen MR) is 128 cm³/mol. The smallest absolute Gasteiger partial charge is 0.136 e. The molecule has 2 aliphatic rings. The Morgan fingerprint density at radius 3 is 2.43 bits per heavy atom. The number of ether oxygens (including phenoxy) is 1. The van der Waals surface area contributed by atoms with Gasteiger partial charge in [-0.3, -0.25) is 0 Å². The molecule has 5 rings (SSSR count). The number of anilines is 1. The van der Waals surface area contributed by atoms with E-state index in [-0.39, 0.29) is 5.54 Å². The van der Waals surface area contributed by atoms with Crippen LogP contribution in [0.2, 0.25) is 0 Å². The van der Waals surface area contributed by atoms with Gasteiger partial charge in [0.2, 0.25) is 0 Å². The van der Waals surface area contributed by atoms with Gasteiger partial charge in [-0.05, 0) is 75.6 Å². The lowest BCUT2D eigenvalue weighted by Gasteiger charge is -2.35. The summed E-state index contributed by atoms with van der Waals surface area (Å²) in [7, 11) is 0. The standard InChI is InChI=1S/C28H27NO/c1-17-7-6-8-20(13-17)15-25-27-21(22-14-18(2)9-12-24(22)30-25)10-11-23-26(27)19(3)16-28(4,5)29-23/h6-16,29H,1-5H3/b25-15-. The van der Waals surface area contributed by atoms with E-state index in [1.54, 1.807) is 0 Å². The molecular weight excluding hydrogens is 366 g/mol. The summed E-state index contributed by atoms with van der Waals surface area (Å²) in [5, 5.41) is 3.69. The van der Waals surface area contributed by atoms with Crippen LogP contribution in [0.4, 0.5) is 5.69 Å². The molecule has 2 heteroatoms. The summed E-state index contributed by atoms with van der Waals surface area (Å²) >= 11 is 0. The fourth-order valence-electron chi connectivity index (χ4n) is 4.72. The molecule has 150 valence electrons. The number of nitrogens with one attached hydrogen (secondary N) is 1. The Bertz CT molecular complexity index is 1240. The molecule has 0 saturated heterocycles. The highest BCUT2D eigenvalue weighted by atomic mass is 16.5. The summed E-state index contributed by atoms with van der Waals surface area (Å²) in [5.41, 5.74) is 10.8. The van der Waals surface area contributed by atoms with Gasteiger partial charge in [-0.2, -0.15) is 0 Å². The van der Waals surface area contributed by atoms with Crippen molar-refractivity contribution in [3.8, 4) is 16.9 Å². The van der Waals surface area contributed by atoms with Gasteiger partial charge in [-0.15, -0.1) is 0 Å². The first kappa shape index (κ1) is 18.7. The zero-order chi connectivity index (χ0) is 21.0. The van der Waals surface area contributed by atoms with Crippen molar-refractivity contribution in [1.82, 2.24) is 0 Å². The van der Waals surface area contributed by atoms with Crippen LogP contribution < -0.4 is 10.1 Å². The highest BCUT2D eigenvalue weighted by Gasteiger charge is 2.31. The molecule has 0 bridgehead atoms. The van der Waals surface area contributed by atoms with Gasteiger partial charge in [0, 0.05) is 22.4 Å². The molecular formula is C28H27NO. The molecule has 0 radical (unpaired) electrons. The van der Waals surface area contributed by atoms with Crippen molar-refractivity contribution in [2.24, 2.45) is 0 Å². The monoisotopic (exact) mass is 393 g/mol. The largest absolute Gasteiger partial charge is 0.456 e. The van der Waals surface area contributed by atoms with Gasteiger partial charge in [0.05, 0.1) is 5.54 Å². The van der Waals surface area contributed by atoms with Gasteiger partial charge >= 0.3 is 0 Å². The lowest BCUT2D eigenvalue weighted by atomic mass is 9.83.